The summed E-state index contributed by atoms with van der Waals surface area (Å²) in [5, 5.41) is 0.713. The fourth-order valence-electron chi connectivity index (χ4n) is 3.58. The quantitative estimate of drug-likeness (QED) is 0.229. The minimum atomic E-state index is -1.51. The van der Waals surface area contributed by atoms with Crippen molar-refractivity contribution >= 4 is 46.4 Å². The summed E-state index contributed by atoms with van der Waals surface area (Å²) in [6.45, 7) is 17.6. The number of rotatable bonds is 6. The summed E-state index contributed by atoms with van der Waals surface area (Å²) in [4.78, 5) is 14.4. The third-order valence-corrected chi connectivity index (χ3v) is 7.38. The van der Waals surface area contributed by atoms with E-state index in [1.807, 2.05) is 48.5 Å². The van der Waals surface area contributed by atoms with Crippen molar-refractivity contribution in [1.82, 2.24) is 4.90 Å². The molecule has 0 aliphatic carbocycles. The molecule has 0 saturated carbocycles. The van der Waals surface area contributed by atoms with Gasteiger partial charge in [-0.2, -0.15) is 0 Å². The van der Waals surface area contributed by atoms with Crippen molar-refractivity contribution in [3.63, 3.8) is 0 Å². The topological polar surface area (TPSA) is 74.2 Å². The van der Waals surface area contributed by atoms with Crippen molar-refractivity contribution in [3.05, 3.63) is 40.4 Å². The Kier molecular flexibility index (Phi) is 9.79. The van der Waals surface area contributed by atoms with E-state index in [0.717, 1.165) is 0 Å². The third-order valence-electron chi connectivity index (χ3n) is 5.25. The van der Waals surface area contributed by atoms with Crippen LogP contribution in [0.15, 0.2) is 29.2 Å². The van der Waals surface area contributed by atoms with Crippen LogP contribution in [0.5, 0.6) is 5.75 Å². The summed E-state index contributed by atoms with van der Waals surface area (Å²) in [6.07, 6.45) is 2.56. The zero-order chi connectivity index (χ0) is 25.8. The first-order chi connectivity index (χ1) is 15.6. The van der Waals surface area contributed by atoms with Crippen LogP contribution in [0.4, 0.5) is 4.79 Å². The second kappa shape index (κ2) is 11.5. The van der Waals surface area contributed by atoms with Crippen molar-refractivity contribution < 1.29 is 18.8 Å². The minimum Gasteiger partial charge on any atom is -0.591 e. The maximum absolute atomic E-state index is 13.1. The van der Waals surface area contributed by atoms with Gasteiger partial charge in [-0.05, 0) is 67.4 Å². The van der Waals surface area contributed by atoms with E-state index in [1.54, 1.807) is 23.1 Å². The monoisotopic (exact) mass is 530 g/mol. The first kappa shape index (κ1) is 28.8. The number of piperidine rings is 1. The predicted molar refractivity (Wildman–Crippen MR) is 142 cm³/mol. The highest BCUT2D eigenvalue weighted by Gasteiger charge is 2.37. The van der Waals surface area contributed by atoms with Crippen molar-refractivity contribution in [1.29, 1.82) is 0 Å². The fourth-order valence-corrected chi connectivity index (χ4v) is 4.60. The van der Waals surface area contributed by atoms with Gasteiger partial charge in [-0.25, -0.2) is 4.79 Å². The lowest BCUT2D eigenvalue weighted by Crippen LogP contribution is -2.48. The number of benzene rings is 1. The minimum absolute atomic E-state index is 0.0664. The Balaban J connectivity index is 2.47. The number of carbonyl (C=O) groups is 1. The molecule has 3 unspecified atom stereocenters. The first-order valence-corrected chi connectivity index (χ1v) is 13.2. The lowest BCUT2D eigenvalue weighted by Gasteiger charge is -2.38. The molecule has 1 fully saturated rings. The van der Waals surface area contributed by atoms with E-state index in [1.165, 1.54) is 0 Å². The molecule has 1 heterocycles. The van der Waals surface area contributed by atoms with E-state index >= 15 is 0 Å². The molecule has 0 aromatic heterocycles. The first-order valence-electron chi connectivity index (χ1n) is 11.4. The standard InChI is InChI=1S/C25H36Cl2N2O4S/c1-9-12-32-21-15-20(27)19(26)14-18(21)22(28-34(31)25(6,7)8)17-10-11-29(16(2)13-17)23(30)33-24(3,4)5/h9,14-17H,1,10-13H2,2-8H3. The van der Waals surface area contributed by atoms with Gasteiger partial charge >= 0.3 is 6.09 Å². The molecule has 190 valence electrons. The van der Waals surface area contributed by atoms with Crippen molar-refractivity contribution in [2.45, 2.75) is 77.7 Å². The van der Waals surface area contributed by atoms with Crippen molar-refractivity contribution in [2.75, 3.05) is 13.2 Å². The highest BCUT2D eigenvalue weighted by Crippen LogP contribution is 2.37. The summed E-state index contributed by atoms with van der Waals surface area (Å²) < 4.78 is 28.7. The number of ether oxygens (including phenoxy) is 2. The zero-order valence-electron chi connectivity index (χ0n) is 21.1. The van der Waals surface area contributed by atoms with Crippen LogP contribution in [-0.4, -0.2) is 50.8 Å². The van der Waals surface area contributed by atoms with Crippen LogP contribution in [-0.2, 0) is 16.1 Å². The molecule has 1 aromatic rings. The number of hydrogen-bond acceptors (Lipinski definition) is 5. The van der Waals surface area contributed by atoms with Crippen LogP contribution in [0.2, 0.25) is 10.0 Å². The number of likely N-dealkylation sites (tertiary alicyclic amines) is 1. The van der Waals surface area contributed by atoms with Gasteiger partial charge in [-0.1, -0.05) is 40.3 Å². The lowest BCUT2D eigenvalue weighted by atomic mass is 9.84. The molecule has 2 rings (SSSR count). The molecule has 1 aliphatic heterocycles. The highest BCUT2D eigenvalue weighted by molar-refractivity contribution is 7.91. The molecule has 6 nitrogen and oxygen atoms in total. The average molecular weight is 532 g/mol. The SMILES string of the molecule is C=CCOc1cc(Cl)c(Cl)cc1C(=N[S+]([O-])C(C)(C)C)C1CCN(C(=O)OC(C)(C)C)C(C)C1. The van der Waals surface area contributed by atoms with Crippen LogP contribution in [0.3, 0.4) is 0 Å². The maximum Gasteiger partial charge on any atom is 0.410 e. The lowest BCUT2D eigenvalue weighted by molar-refractivity contribution is 0.00989. The van der Waals surface area contributed by atoms with Gasteiger partial charge in [0.1, 0.15) is 39.8 Å². The van der Waals surface area contributed by atoms with Gasteiger partial charge < -0.3 is 18.9 Å². The third kappa shape index (κ3) is 7.80. The molecular weight excluding hydrogens is 495 g/mol. The molecule has 0 N–H and O–H groups in total. The average Bonchev–Trinajstić information content (AvgIpc) is 2.70. The number of amides is 1. The van der Waals surface area contributed by atoms with E-state index < -0.39 is 21.7 Å². The van der Waals surface area contributed by atoms with E-state index in [2.05, 4.69) is 6.58 Å². The van der Waals surface area contributed by atoms with Gasteiger partial charge in [0.25, 0.3) is 0 Å². The molecule has 0 bridgehead atoms. The second-order valence-corrected chi connectivity index (χ2v) is 13.2. The summed E-state index contributed by atoms with van der Waals surface area (Å²) in [5.74, 6) is 0.435. The second-order valence-electron chi connectivity index (χ2n) is 10.4. The zero-order valence-corrected chi connectivity index (χ0v) is 23.4. The molecule has 9 heteroatoms. The van der Waals surface area contributed by atoms with Gasteiger partial charge in [0, 0.05) is 30.1 Å². The summed E-state index contributed by atoms with van der Waals surface area (Å²) in [6, 6.07) is 3.27. The van der Waals surface area contributed by atoms with Gasteiger partial charge in [0.2, 0.25) is 0 Å². The molecule has 0 radical (unpaired) electrons. The van der Waals surface area contributed by atoms with Crippen molar-refractivity contribution in [3.8, 4) is 5.75 Å². The molecule has 1 saturated heterocycles. The Morgan fingerprint density at radius 3 is 2.41 bits per heavy atom. The smallest absolute Gasteiger partial charge is 0.410 e. The molecule has 1 amide bonds. The summed E-state index contributed by atoms with van der Waals surface area (Å²) in [7, 11) is 0. The molecule has 1 aromatic carbocycles. The van der Waals surface area contributed by atoms with Gasteiger partial charge in [0.15, 0.2) is 0 Å². The molecular formula is C25H36Cl2N2O4S. The van der Waals surface area contributed by atoms with Gasteiger partial charge in [-0.15, -0.1) is 0 Å². The molecule has 34 heavy (non-hydrogen) atoms. The van der Waals surface area contributed by atoms with E-state index in [9.17, 15) is 9.35 Å². The van der Waals surface area contributed by atoms with Crippen LogP contribution >= 0.6 is 23.2 Å². The summed E-state index contributed by atoms with van der Waals surface area (Å²) >= 11 is 11.1. The normalized spacial score (nSPS) is 20.6. The fraction of sp³-hybridized carbons (Fsp3) is 0.600. The molecule has 1 aliphatic rings. The maximum atomic E-state index is 13.1. The Labute approximate surface area is 217 Å². The Bertz CT molecular complexity index is 925. The van der Waals surface area contributed by atoms with Crippen LogP contribution in [0, 0.1) is 5.92 Å². The largest absolute Gasteiger partial charge is 0.591 e. The van der Waals surface area contributed by atoms with E-state index in [4.69, 9.17) is 37.1 Å². The van der Waals surface area contributed by atoms with Crippen LogP contribution < -0.4 is 4.74 Å². The number of hydrogen-bond donors (Lipinski definition) is 0. The Morgan fingerprint density at radius 2 is 1.88 bits per heavy atom. The highest BCUT2D eigenvalue weighted by atomic mass is 35.5. The van der Waals surface area contributed by atoms with E-state index in [0.29, 0.717) is 46.5 Å². The Hall–Kier alpha value is -1.41. The van der Waals surface area contributed by atoms with Gasteiger partial charge in [0.05, 0.1) is 10.0 Å². The molecule has 0 spiro atoms. The number of halogens is 2. The summed E-state index contributed by atoms with van der Waals surface area (Å²) in [5.41, 5.74) is 0.722. The number of carbonyl (C=O) groups excluding carboxylic acids is 1. The van der Waals surface area contributed by atoms with Crippen molar-refractivity contribution in [2.24, 2.45) is 10.3 Å². The molecule has 3 atom stereocenters. The predicted octanol–water partition coefficient (Wildman–Crippen LogP) is 6.85. The number of nitrogens with zero attached hydrogens (tertiary/aromatic N) is 2. The van der Waals surface area contributed by atoms with Gasteiger partial charge in [-0.3, -0.25) is 0 Å². The van der Waals surface area contributed by atoms with Crippen LogP contribution in [0.1, 0.15) is 66.9 Å². The Morgan fingerprint density at radius 1 is 1.26 bits per heavy atom. The van der Waals surface area contributed by atoms with Crippen LogP contribution in [0.25, 0.3) is 0 Å². The van der Waals surface area contributed by atoms with E-state index in [-0.39, 0.29) is 24.7 Å².